The lowest BCUT2D eigenvalue weighted by atomic mass is 10.1. The summed E-state index contributed by atoms with van der Waals surface area (Å²) in [6.07, 6.45) is 3.40. The number of ether oxygens (including phenoxy) is 1. The number of aromatic nitrogens is 1. The van der Waals surface area contributed by atoms with Gasteiger partial charge in [-0.05, 0) is 24.3 Å². The third kappa shape index (κ3) is 3.58. The molecular weight excluding hydrogens is 326 g/mol. The third-order valence-electron chi connectivity index (χ3n) is 3.55. The molecule has 0 unspecified atom stereocenters. The Morgan fingerprint density at radius 2 is 2.12 bits per heavy atom. The second kappa shape index (κ2) is 7.19. The van der Waals surface area contributed by atoms with E-state index in [1.165, 1.54) is 0 Å². The predicted octanol–water partition coefficient (Wildman–Crippen LogP) is 3.95. The van der Waals surface area contributed by atoms with Crippen molar-refractivity contribution in [1.82, 2.24) is 4.98 Å². The molecule has 1 heterocycles. The van der Waals surface area contributed by atoms with Gasteiger partial charge >= 0.3 is 0 Å². The fourth-order valence-corrected chi connectivity index (χ4v) is 2.62. The van der Waals surface area contributed by atoms with Gasteiger partial charge in [0.25, 0.3) is 0 Å². The van der Waals surface area contributed by atoms with Gasteiger partial charge in [-0.1, -0.05) is 23.7 Å². The highest BCUT2D eigenvalue weighted by molar-refractivity contribution is 6.38. The zero-order valence-corrected chi connectivity index (χ0v) is 13.8. The van der Waals surface area contributed by atoms with Gasteiger partial charge in [0.2, 0.25) is 5.91 Å². The molecule has 3 aromatic rings. The van der Waals surface area contributed by atoms with E-state index in [0.717, 1.165) is 22.2 Å². The van der Waals surface area contributed by atoms with Crippen molar-refractivity contribution in [3.8, 4) is 5.75 Å². The molecule has 1 aromatic heterocycles. The zero-order valence-electron chi connectivity index (χ0n) is 13.0. The maximum absolute atomic E-state index is 12.2. The molecule has 0 bridgehead atoms. The Morgan fingerprint density at radius 1 is 1.25 bits per heavy atom. The Hall–Kier alpha value is -2.79. The molecule has 1 amide bonds. The van der Waals surface area contributed by atoms with Gasteiger partial charge in [0, 0.05) is 34.9 Å². The van der Waals surface area contributed by atoms with Crippen LogP contribution in [0.1, 0.15) is 0 Å². The zero-order chi connectivity index (χ0) is 16.9. The van der Waals surface area contributed by atoms with Crippen LogP contribution in [0, 0.1) is 0 Å². The van der Waals surface area contributed by atoms with Crippen LogP contribution in [0.4, 0.5) is 11.4 Å². The summed E-state index contributed by atoms with van der Waals surface area (Å²) in [4.78, 5) is 16.2. The first-order valence-electron chi connectivity index (χ1n) is 7.37. The Morgan fingerprint density at radius 3 is 2.96 bits per heavy atom. The second-order valence-corrected chi connectivity index (χ2v) is 5.54. The van der Waals surface area contributed by atoms with Gasteiger partial charge < -0.3 is 15.4 Å². The number of carbonyl (C=O) groups excluding carboxylic acids is 1. The van der Waals surface area contributed by atoms with Crippen molar-refractivity contribution in [2.45, 2.75) is 0 Å². The average Bonchev–Trinajstić information content (AvgIpc) is 2.63. The molecule has 0 saturated carbocycles. The van der Waals surface area contributed by atoms with Crippen LogP contribution in [-0.2, 0) is 4.79 Å². The number of halogens is 1. The molecule has 122 valence electrons. The highest BCUT2D eigenvalue weighted by atomic mass is 35.5. The molecule has 0 spiro atoms. The SMILES string of the molecule is COc1cccc(NCC(=O)Nc2ccc3cnccc3c2Cl)c1. The number of anilines is 2. The van der Waals surface area contributed by atoms with Gasteiger partial charge in [-0.25, -0.2) is 0 Å². The molecule has 2 aromatic carbocycles. The van der Waals surface area contributed by atoms with Crippen LogP contribution in [0.25, 0.3) is 10.8 Å². The first-order chi connectivity index (χ1) is 11.7. The van der Waals surface area contributed by atoms with Crippen LogP contribution in [0.3, 0.4) is 0 Å². The van der Waals surface area contributed by atoms with Crippen LogP contribution >= 0.6 is 11.6 Å². The van der Waals surface area contributed by atoms with E-state index in [2.05, 4.69) is 15.6 Å². The number of rotatable bonds is 5. The lowest BCUT2D eigenvalue weighted by Crippen LogP contribution is -2.21. The van der Waals surface area contributed by atoms with E-state index in [4.69, 9.17) is 16.3 Å². The predicted molar refractivity (Wildman–Crippen MR) is 96.9 cm³/mol. The van der Waals surface area contributed by atoms with Gasteiger partial charge in [0.15, 0.2) is 0 Å². The quantitative estimate of drug-likeness (QED) is 0.737. The number of fused-ring (bicyclic) bond motifs is 1. The minimum absolute atomic E-state index is 0.123. The molecular formula is C18H16ClN3O2. The van der Waals surface area contributed by atoms with Gasteiger partial charge in [-0.2, -0.15) is 0 Å². The maximum atomic E-state index is 12.2. The van der Waals surface area contributed by atoms with Crippen molar-refractivity contribution in [1.29, 1.82) is 0 Å². The van der Waals surface area contributed by atoms with Crippen LogP contribution < -0.4 is 15.4 Å². The topological polar surface area (TPSA) is 63.2 Å². The van der Waals surface area contributed by atoms with Gasteiger partial charge in [0.05, 0.1) is 24.4 Å². The first kappa shape index (κ1) is 16.1. The third-order valence-corrected chi connectivity index (χ3v) is 3.96. The average molecular weight is 342 g/mol. The first-order valence-corrected chi connectivity index (χ1v) is 7.75. The van der Waals surface area contributed by atoms with E-state index < -0.39 is 0 Å². The number of amides is 1. The molecule has 0 aliphatic carbocycles. The Bertz CT molecular complexity index is 883. The summed E-state index contributed by atoms with van der Waals surface area (Å²) in [6, 6.07) is 12.9. The number of pyridine rings is 1. The fourth-order valence-electron chi connectivity index (χ4n) is 2.34. The number of benzene rings is 2. The van der Waals surface area contributed by atoms with Crippen LogP contribution in [-0.4, -0.2) is 24.5 Å². The normalized spacial score (nSPS) is 10.4. The maximum Gasteiger partial charge on any atom is 0.243 e. The van der Waals surface area contributed by atoms with E-state index in [1.54, 1.807) is 25.6 Å². The van der Waals surface area contributed by atoms with E-state index in [-0.39, 0.29) is 12.5 Å². The van der Waals surface area contributed by atoms with Crippen molar-refractivity contribution in [2.24, 2.45) is 0 Å². The summed E-state index contributed by atoms with van der Waals surface area (Å²) in [7, 11) is 1.60. The van der Waals surface area contributed by atoms with Crippen molar-refractivity contribution in [3.63, 3.8) is 0 Å². The van der Waals surface area contributed by atoms with Gasteiger partial charge in [0.1, 0.15) is 5.75 Å². The number of nitrogens with one attached hydrogen (secondary N) is 2. The smallest absolute Gasteiger partial charge is 0.243 e. The minimum Gasteiger partial charge on any atom is -0.497 e. The summed E-state index contributed by atoms with van der Waals surface area (Å²) in [5.41, 5.74) is 1.38. The number of carbonyl (C=O) groups is 1. The number of hydrogen-bond donors (Lipinski definition) is 2. The lowest BCUT2D eigenvalue weighted by Gasteiger charge is -2.11. The van der Waals surface area contributed by atoms with E-state index >= 15 is 0 Å². The molecule has 0 saturated heterocycles. The highest BCUT2D eigenvalue weighted by Gasteiger charge is 2.09. The summed E-state index contributed by atoms with van der Waals surface area (Å²) in [5, 5.41) is 8.15. The molecule has 24 heavy (non-hydrogen) atoms. The number of methoxy groups -OCH3 is 1. The van der Waals surface area contributed by atoms with Crippen LogP contribution in [0.2, 0.25) is 5.02 Å². The highest BCUT2D eigenvalue weighted by Crippen LogP contribution is 2.30. The van der Waals surface area contributed by atoms with Crippen molar-refractivity contribution in [3.05, 3.63) is 59.9 Å². The summed E-state index contributed by atoms with van der Waals surface area (Å²) >= 11 is 6.36. The molecule has 0 fully saturated rings. The standard InChI is InChI=1S/C18H16ClN3O2/c1-24-14-4-2-3-13(9-14)21-11-17(23)22-16-6-5-12-10-20-8-7-15(12)18(16)19/h2-10,21H,11H2,1H3,(H,22,23). The number of hydrogen-bond acceptors (Lipinski definition) is 4. The van der Waals surface area contributed by atoms with Crippen molar-refractivity contribution < 1.29 is 9.53 Å². The van der Waals surface area contributed by atoms with E-state index in [9.17, 15) is 4.79 Å². The van der Waals surface area contributed by atoms with Crippen molar-refractivity contribution >= 4 is 39.7 Å². The second-order valence-electron chi connectivity index (χ2n) is 5.16. The molecule has 0 radical (unpaired) electrons. The fraction of sp³-hybridized carbons (Fsp3) is 0.111. The molecule has 6 heteroatoms. The Kier molecular flexibility index (Phi) is 4.82. The molecule has 0 atom stereocenters. The molecule has 0 aliphatic rings. The van der Waals surface area contributed by atoms with Crippen LogP contribution in [0.5, 0.6) is 5.75 Å². The molecule has 2 N–H and O–H groups in total. The van der Waals surface area contributed by atoms with Gasteiger partial charge in [-0.3, -0.25) is 9.78 Å². The largest absolute Gasteiger partial charge is 0.497 e. The Labute approximate surface area is 144 Å². The minimum atomic E-state index is -0.187. The molecule has 0 aliphatic heterocycles. The lowest BCUT2D eigenvalue weighted by molar-refractivity contribution is -0.114. The molecule has 5 nitrogen and oxygen atoms in total. The monoisotopic (exact) mass is 341 g/mol. The summed E-state index contributed by atoms with van der Waals surface area (Å²) in [6.45, 7) is 0.123. The van der Waals surface area contributed by atoms with Crippen molar-refractivity contribution in [2.75, 3.05) is 24.3 Å². The van der Waals surface area contributed by atoms with E-state index in [1.807, 2.05) is 36.4 Å². The van der Waals surface area contributed by atoms with E-state index in [0.29, 0.717) is 10.7 Å². The summed E-state index contributed by atoms with van der Waals surface area (Å²) in [5.74, 6) is 0.541. The van der Waals surface area contributed by atoms with Gasteiger partial charge in [-0.15, -0.1) is 0 Å². The number of nitrogens with zero attached hydrogens (tertiary/aromatic N) is 1. The molecule has 3 rings (SSSR count). The summed E-state index contributed by atoms with van der Waals surface area (Å²) < 4.78 is 5.15. The van der Waals surface area contributed by atoms with Crippen LogP contribution in [0.15, 0.2) is 54.9 Å². The Balaban J connectivity index is 1.67.